The molecule has 0 amide bonds. The fraction of sp³-hybridized carbons (Fsp3) is 0.654. The molecule has 8 nitrogen and oxygen atoms in total. The largest absolute Gasteiger partial charge is 0.463 e. The minimum Gasteiger partial charge on any atom is -0.463 e. The predicted molar refractivity (Wildman–Crippen MR) is 120 cm³/mol. The van der Waals surface area contributed by atoms with Crippen LogP contribution in [-0.2, 0) is 19.0 Å². The van der Waals surface area contributed by atoms with Gasteiger partial charge in [-0.15, -0.1) is 0 Å². The third-order valence-electron chi connectivity index (χ3n) is 9.48. The highest BCUT2D eigenvalue weighted by Crippen LogP contribution is 2.65. The standard InChI is InChI=1S/C26H33NO7/c1-14-7-5-9-17-24(14,2)21(34-22(29)15-8-6-10-27-12-15)20(28)26(4,31)25(17,3)18-11-16-13-32-23(30)19(16)33-18/h6-8,10,12,16-21,28,31H,5,9,11,13H2,1-4H3/t16?,17-,18-,19?,20?,21-,24?,25-,26-/m0/s1. The van der Waals surface area contributed by atoms with Crippen molar-refractivity contribution < 1.29 is 34.0 Å². The van der Waals surface area contributed by atoms with Crippen molar-refractivity contribution in [2.75, 3.05) is 6.61 Å². The molecule has 4 aliphatic rings. The average Bonchev–Trinajstić information content (AvgIpc) is 3.40. The van der Waals surface area contributed by atoms with Crippen LogP contribution in [0, 0.1) is 22.7 Å². The van der Waals surface area contributed by atoms with Crippen molar-refractivity contribution in [3.8, 4) is 0 Å². The summed E-state index contributed by atoms with van der Waals surface area (Å²) >= 11 is 0. The highest BCUT2D eigenvalue weighted by atomic mass is 16.6. The van der Waals surface area contributed by atoms with Crippen molar-refractivity contribution in [3.63, 3.8) is 0 Å². The summed E-state index contributed by atoms with van der Waals surface area (Å²) in [6.07, 6.45) is 3.77. The van der Waals surface area contributed by atoms with Gasteiger partial charge in [-0.25, -0.2) is 9.59 Å². The van der Waals surface area contributed by atoms with E-state index < -0.39 is 46.8 Å². The van der Waals surface area contributed by atoms with Crippen LogP contribution in [0.15, 0.2) is 36.2 Å². The zero-order chi connectivity index (χ0) is 24.5. The Hall–Kier alpha value is -2.29. The summed E-state index contributed by atoms with van der Waals surface area (Å²) in [6.45, 7) is 7.86. The van der Waals surface area contributed by atoms with Gasteiger partial charge in [0.1, 0.15) is 12.2 Å². The van der Waals surface area contributed by atoms with Crippen molar-refractivity contribution >= 4 is 11.9 Å². The van der Waals surface area contributed by atoms with Gasteiger partial charge in [-0.1, -0.05) is 25.5 Å². The number of aromatic nitrogens is 1. The number of hydrogen-bond acceptors (Lipinski definition) is 8. The molecule has 9 atom stereocenters. The Morgan fingerprint density at radius 1 is 1.29 bits per heavy atom. The number of aliphatic hydroxyl groups is 2. The Morgan fingerprint density at radius 2 is 2.06 bits per heavy atom. The minimum absolute atomic E-state index is 0.0603. The van der Waals surface area contributed by atoms with E-state index in [1.54, 1.807) is 25.3 Å². The van der Waals surface area contributed by atoms with Gasteiger partial charge in [-0.2, -0.15) is 0 Å². The lowest BCUT2D eigenvalue weighted by Gasteiger charge is -2.66. The molecule has 5 rings (SSSR count). The highest BCUT2D eigenvalue weighted by Gasteiger charge is 2.72. The second-order valence-corrected chi connectivity index (χ2v) is 10.9. The van der Waals surface area contributed by atoms with Gasteiger partial charge in [0.15, 0.2) is 6.10 Å². The van der Waals surface area contributed by atoms with E-state index in [0.29, 0.717) is 13.0 Å². The van der Waals surface area contributed by atoms with E-state index in [9.17, 15) is 19.8 Å². The van der Waals surface area contributed by atoms with Crippen molar-refractivity contribution in [2.24, 2.45) is 22.7 Å². The number of rotatable bonds is 3. The second-order valence-electron chi connectivity index (χ2n) is 10.9. The van der Waals surface area contributed by atoms with Gasteiger partial charge in [-0.05, 0) is 51.2 Å². The third kappa shape index (κ3) is 3.04. The Bertz CT molecular complexity index is 1020. The summed E-state index contributed by atoms with van der Waals surface area (Å²) in [7, 11) is 0. The molecule has 0 radical (unpaired) electrons. The number of pyridine rings is 1. The van der Waals surface area contributed by atoms with E-state index in [1.807, 2.05) is 20.8 Å². The molecule has 2 N–H and O–H groups in total. The monoisotopic (exact) mass is 471 g/mol. The zero-order valence-corrected chi connectivity index (χ0v) is 20.1. The molecule has 2 saturated heterocycles. The van der Waals surface area contributed by atoms with Gasteiger partial charge in [-0.3, -0.25) is 4.98 Å². The predicted octanol–water partition coefficient (Wildman–Crippen LogP) is 2.43. The smallest absolute Gasteiger partial charge is 0.340 e. The van der Waals surface area contributed by atoms with E-state index in [-0.39, 0.29) is 23.4 Å². The number of aliphatic hydroxyl groups excluding tert-OH is 1. The number of hydrogen-bond donors (Lipinski definition) is 2. The van der Waals surface area contributed by atoms with Gasteiger partial charge in [0.2, 0.25) is 0 Å². The maximum atomic E-state index is 13.0. The van der Waals surface area contributed by atoms with Crippen molar-refractivity contribution in [2.45, 2.75) is 77.0 Å². The summed E-state index contributed by atoms with van der Waals surface area (Å²) < 4.78 is 17.4. The van der Waals surface area contributed by atoms with Crippen LogP contribution in [-0.4, -0.2) is 63.8 Å². The summed E-state index contributed by atoms with van der Waals surface area (Å²) in [5.74, 6) is -1.19. The molecule has 34 heavy (non-hydrogen) atoms. The van der Waals surface area contributed by atoms with Gasteiger partial charge in [0.05, 0.1) is 23.9 Å². The number of nitrogens with zero attached hydrogens (tertiary/aromatic N) is 1. The Kier molecular flexibility index (Phi) is 5.42. The summed E-state index contributed by atoms with van der Waals surface area (Å²) in [6, 6.07) is 3.26. The number of ether oxygens (including phenoxy) is 3. The summed E-state index contributed by atoms with van der Waals surface area (Å²) in [4.78, 5) is 29.2. The zero-order valence-electron chi connectivity index (χ0n) is 20.1. The summed E-state index contributed by atoms with van der Waals surface area (Å²) in [5.41, 5.74) is -2.01. The molecule has 1 aromatic rings. The SMILES string of the molecule is CC1=CCC[C@H]2C1(C)[C@@H](OC(=O)c1cccnc1)C(O)[C@](C)(O)[C@]2(C)[C@@H]1CC2COC(=O)C2O1. The van der Waals surface area contributed by atoms with E-state index in [2.05, 4.69) is 11.1 Å². The first-order valence-electron chi connectivity index (χ1n) is 12.0. The van der Waals surface area contributed by atoms with Gasteiger partial charge in [0.25, 0.3) is 0 Å². The molecule has 0 aromatic carbocycles. The molecule has 1 saturated carbocycles. The number of carbonyl (C=O) groups excluding carboxylic acids is 2. The molecular formula is C26H33NO7. The van der Waals surface area contributed by atoms with Crippen molar-refractivity contribution in [3.05, 3.63) is 41.7 Å². The minimum atomic E-state index is -1.65. The normalized spacial score (nSPS) is 45.7. The first-order valence-corrected chi connectivity index (χ1v) is 12.0. The van der Waals surface area contributed by atoms with Crippen LogP contribution < -0.4 is 0 Å². The topological polar surface area (TPSA) is 115 Å². The van der Waals surface area contributed by atoms with Gasteiger partial charge >= 0.3 is 11.9 Å². The van der Waals surface area contributed by atoms with Crippen molar-refractivity contribution in [1.29, 1.82) is 0 Å². The first kappa shape index (κ1) is 23.5. The fourth-order valence-electron chi connectivity index (χ4n) is 7.11. The van der Waals surface area contributed by atoms with Crippen LogP contribution >= 0.6 is 0 Å². The van der Waals surface area contributed by atoms with Gasteiger partial charge < -0.3 is 24.4 Å². The van der Waals surface area contributed by atoms with Crippen LogP contribution in [0.4, 0.5) is 0 Å². The maximum absolute atomic E-state index is 13.0. The Labute approximate surface area is 199 Å². The number of esters is 2. The van der Waals surface area contributed by atoms with Crippen LogP contribution in [0.3, 0.4) is 0 Å². The van der Waals surface area contributed by atoms with E-state index in [4.69, 9.17) is 14.2 Å². The highest BCUT2D eigenvalue weighted by molar-refractivity contribution is 5.89. The molecule has 2 aliphatic carbocycles. The summed E-state index contributed by atoms with van der Waals surface area (Å²) in [5, 5.41) is 23.6. The Balaban J connectivity index is 1.56. The quantitative estimate of drug-likeness (QED) is 0.510. The van der Waals surface area contributed by atoms with E-state index in [0.717, 1.165) is 18.4 Å². The molecular weight excluding hydrogens is 438 g/mol. The van der Waals surface area contributed by atoms with Crippen LogP contribution in [0.5, 0.6) is 0 Å². The molecule has 3 fully saturated rings. The van der Waals surface area contributed by atoms with Crippen LogP contribution in [0.25, 0.3) is 0 Å². The number of cyclic esters (lactones) is 1. The lowest BCUT2D eigenvalue weighted by Crippen LogP contribution is -2.74. The molecule has 0 spiro atoms. The molecule has 3 heterocycles. The van der Waals surface area contributed by atoms with Crippen LogP contribution in [0.2, 0.25) is 0 Å². The molecule has 184 valence electrons. The van der Waals surface area contributed by atoms with Crippen LogP contribution in [0.1, 0.15) is 57.3 Å². The second kappa shape index (κ2) is 7.86. The van der Waals surface area contributed by atoms with E-state index >= 15 is 0 Å². The molecule has 8 heteroatoms. The lowest BCUT2D eigenvalue weighted by molar-refractivity contribution is -0.292. The molecule has 4 unspecified atom stereocenters. The van der Waals surface area contributed by atoms with E-state index in [1.165, 1.54) is 6.20 Å². The number of allylic oxidation sites excluding steroid dienone is 1. The molecule has 2 aliphatic heterocycles. The third-order valence-corrected chi connectivity index (χ3v) is 9.48. The molecule has 0 bridgehead atoms. The molecule has 1 aromatic heterocycles. The van der Waals surface area contributed by atoms with Gasteiger partial charge in [0, 0.05) is 29.1 Å². The first-order chi connectivity index (χ1) is 16.0. The lowest BCUT2D eigenvalue weighted by atomic mass is 9.43. The fourth-order valence-corrected chi connectivity index (χ4v) is 7.11. The average molecular weight is 472 g/mol. The maximum Gasteiger partial charge on any atom is 0.340 e. The van der Waals surface area contributed by atoms with Crippen molar-refractivity contribution in [1.82, 2.24) is 4.98 Å². The Morgan fingerprint density at radius 3 is 2.74 bits per heavy atom. The number of carbonyl (C=O) groups is 2. The number of fused-ring (bicyclic) bond motifs is 2.